The first-order chi connectivity index (χ1) is 24.6. The maximum atomic E-state index is 6.48. The molecule has 0 fully saturated rings. The lowest BCUT2D eigenvalue weighted by Crippen LogP contribution is -2.32. The van der Waals surface area contributed by atoms with E-state index in [0.717, 1.165) is 39.9 Å². The molecule has 10 rings (SSSR count). The third-order valence-electron chi connectivity index (χ3n) is 10.6. The van der Waals surface area contributed by atoms with Crippen molar-refractivity contribution in [2.75, 3.05) is 9.80 Å². The summed E-state index contributed by atoms with van der Waals surface area (Å²) in [5.74, 6) is 1.77. The predicted molar refractivity (Wildman–Crippen MR) is 208 cm³/mol. The number of hydrogen-bond donors (Lipinski definition) is 0. The van der Waals surface area contributed by atoms with Crippen LogP contribution in [0.5, 0.6) is 11.5 Å². The molecular formula is C47H34N2O. The second kappa shape index (κ2) is 10.8. The van der Waals surface area contributed by atoms with Crippen LogP contribution in [0, 0.1) is 0 Å². The fraction of sp³-hybridized carbons (Fsp3) is 0.0638. The molecule has 0 aromatic heterocycles. The third-order valence-corrected chi connectivity index (χ3v) is 10.6. The van der Waals surface area contributed by atoms with Gasteiger partial charge in [-0.2, -0.15) is 0 Å². The molecule has 0 spiro atoms. The van der Waals surface area contributed by atoms with Gasteiger partial charge < -0.3 is 14.5 Å². The molecule has 0 bridgehead atoms. The van der Waals surface area contributed by atoms with Crippen LogP contribution in [-0.2, 0) is 5.41 Å². The molecule has 0 N–H and O–H groups in total. The summed E-state index contributed by atoms with van der Waals surface area (Å²) in [5.41, 5.74) is 11.4. The monoisotopic (exact) mass is 642 g/mol. The van der Waals surface area contributed by atoms with Gasteiger partial charge in [-0.1, -0.05) is 129 Å². The number of ether oxygens (including phenoxy) is 1. The fourth-order valence-corrected chi connectivity index (χ4v) is 8.14. The van der Waals surface area contributed by atoms with Gasteiger partial charge in [0.15, 0.2) is 11.5 Å². The number of benzene rings is 8. The van der Waals surface area contributed by atoms with Gasteiger partial charge in [-0.3, -0.25) is 0 Å². The third kappa shape index (κ3) is 4.23. The Morgan fingerprint density at radius 3 is 1.98 bits per heavy atom. The Bertz CT molecular complexity index is 2610. The molecule has 0 unspecified atom stereocenters. The molecule has 0 radical (unpaired) electrons. The van der Waals surface area contributed by atoms with Crippen molar-refractivity contribution >= 4 is 55.7 Å². The van der Waals surface area contributed by atoms with E-state index in [1.165, 1.54) is 49.5 Å². The van der Waals surface area contributed by atoms with E-state index in [0.29, 0.717) is 0 Å². The molecule has 2 heterocycles. The van der Waals surface area contributed by atoms with Crippen molar-refractivity contribution in [3.8, 4) is 22.6 Å². The standard InChI is InChI=1S/C47H34N2O/c1-47(2)39-19-12-22-45-46(39)49(42-20-10-11-21-44(42)50-45)41-28-27-35(30-40(41)47)48(34-25-23-32(24-26-34)31-13-4-3-5-14-31)43-29-33-15-6-7-16-36(33)37-17-8-9-18-38(37)43/h3-30H,1-2H3. The summed E-state index contributed by atoms with van der Waals surface area (Å²) in [6, 6.07) is 61.3. The van der Waals surface area contributed by atoms with E-state index in [1.54, 1.807) is 0 Å². The maximum absolute atomic E-state index is 6.48. The molecule has 0 amide bonds. The molecule has 238 valence electrons. The van der Waals surface area contributed by atoms with E-state index in [-0.39, 0.29) is 5.41 Å². The first-order valence-corrected chi connectivity index (χ1v) is 17.3. The van der Waals surface area contributed by atoms with Crippen molar-refractivity contribution in [2.45, 2.75) is 19.3 Å². The van der Waals surface area contributed by atoms with E-state index < -0.39 is 0 Å². The highest BCUT2D eigenvalue weighted by Gasteiger charge is 2.41. The Kier molecular flexibility index (Phi) is 6.22. The molecule has 3 nitrogen and oxygen atoms in total. The predicted octanol–water partition coefficient (Wildman–Crippen LogP) is 13.3. The number of hydrogen-bond acceptors (Lipinski definition) is 3. The second-order valence-corrected chi connectivity index (χ2v) is 13.8. The van der Waals surface area contributed by atoms with Gasteiger partial charge in [-0.15, -0.1) is 0 Å². The lowest BCUT2D eigenvalue weighted by Gasteiger charge is -2.45. The van der Waals surface area contributed by atoms with Gasteiger partial charge in [0.25, 0.3) is 0 Å². The number of rotatable bonds is 4. The van der Waals surface area contributed by atoms with E-state index in [4.69, 9.17) is 4.74 Å². The zero-order valence-corrected chi connectivity index (χ0v) is 28.0. The van der Waals surface area contributed by atoms with Crippen molar-refractivity contribution in [2.24, 2.45) is 0 Å². The lowest BCUT2D eigenvalue weighted by molar-refractivity contribution is 0.471. The molecule has 3 heteroatoms. The van der Waals surface area contributed by atoms with Crippen molar-refractivity contribution in [1.29, 1.82) is 0 Å². The number of nitrogens with zero attached hydrogens (tertiary/aromatic N) is 2. The van der Waals surface area contributed by atoms with Crippen molar-refractivity contribution < 1.29 is 4.74 Å². The smallest absolute Gasteiger partial charge is 0.151 e. The van der Waals surface area contributed by atoms with Gasteiger partial charge in [0, 0.05) is 22.2 Å². The zero-order chi connectivity index (χ0) is 33.4. The number of fused-ring (bicyclic) bond motifs is 7. The Labute approximate surface area is 292 Å². The molecule has 0 saturated carbocycles. The van der Waals surface area contributed by atoms with Crippen LogP contribution in [0.15, 0.2) is 170 Å². The van der Waals surface area contributed by atoms with Crippen LogP contribution < -0.4 is 14.5 Å². The molecular weight excluding hydrogens is 609 g/mol. The summed E-state index contributed by atoms with van der Waals surface area (Å²) < 4.78 is 6.48. The molecule has 8 aromatic carbocycles. The normalized spacial score (nSPS) is 13.7. The van der Waals surface area contributed by atoms with Crippen LogP contribution in [0.2, 0.25) is 0 Å². The molecule has 0 aliphatic carbocycles. The Balaban J connectivity index is 1.22. The van der Waals surface area contributed by atoms with Gasteiger partial charge in [0.2, 0.25) is 0 Å². The van der Waals surface area contributed by atoms with Crippen LogP contribution in [-0.4, -0.2) is 0 Å². The minimum Gasteiger partial charge on any atom is -0.453 e. The van der Waals surface area contributed by atoms with E-state index in [9.17, 15) is 0 Å². The quantitative estimate of drug-likeness (QED) is 0.178. The summed E-state index contributed by atoms with van der Waals surface area (Å²) in [5, 5.41) is 4.94. The van der Waals surface area contributed by atoms with Gasteiger partial charge >= 0.3 is 0 Å². The fourth-order valence-electron chi connectivity index (χ4n) is 8.14. The second-order valence-electron chi connectivity index (χ2n) is 13.8. The van der Waals surface area contributed by atoms with Crippen LogP contribution in [0.4, 0.5) is 34.1 Å². The number of anilines is 6. The summed E-state index contributed by atoms with van der Waals surface area (Å²) in [6.45, 7) is 4.68. The van der Waals surface area contributed by atoms with E-state index in [2.05, 4.69) is 187 Å². The van der Waals surface area contributed by atoms with Crippen molar-refractivity contribution in [3.05, 3.63) is 181 Å². The highest BCUT2D eigenvalue weighted by atomic mass is 16.5. The average molecular weight is 643 g/mol. The molecule has 0 saturated heterocycles. The average Bonchev–Trinajstić information content (AvgIpc) is 3.17. The number of para-hydroxylation sites is 3. The Hall–Kier alpha value is -6.32. The van der Waals surface area contributed by atoms with E-state index >= 15 is 0 Å². The summed E-state index contributed by atoms with van der Waals surface area (Å²) in [4.78, 5) is 4.84. The van der Waals surface area contributed by atoms with E-state index in [1.807, 2.05) is 6.07 Å². The highest BCUT2D eigenvalue weighted by Crippen LogP contribution is 2.60. The maximum Gasteiger partial charge on any atom is 0.151 e. The van der Waals surface area contributed by atoms with Gasteiger partial charge in [0.1, 0.15) is 0 Å². The minimum absolute atomic E-state index is 0.281. The van der Waals surface area contributed by atoms with Gasteiger partial charge in [-0.05, 0) is 93.0 Å². The van der Waals surface area contributed by atoms with Crippen LogP contribution in [0.3, 0.4) is 0 Å². The largest absolute Gasteiger partial charge is 0.453 e. The molecule has 2 aliphatic heterocycles. The van der Waals surface area contributed by atoms with Crippen LogP contribution >= 0.6 is 0 Å². The Morgan fingerprint density at radius 2 is 1.14 bits per heavy atom. The topological polar surface area (TPSA) is 15.7 Å². The summed E-state index contributed by atoms with van der Waals surface area (Å²) >= 11 is 0. The van der Waals surface area contributed by atoms with Crippen molar-refractivity contribution in [1.82, 2.24) is 0 Å². The van der Waals surface area contributed by atoms with Crippen LogP contribution in [0.25, 0.3) is 32.7 Å². The van der Waals surface area contributed by atoms with Gasteiger partial charge in [-0.25, -0.2) is 0 Å². The molecule has 50 heavy (non-hydrogen) atoms. The van der Waals surface area contributed by atoms with Gasteiger partial charge in [0.05, 0.1) is 22.7 Å². The molecule has 8 aromatic rings. The highest BCUT2D eigenvalue weighted by molar-refractivity contribution is 6.14. The first-order valence-electron chi connectivity index (χ1n) is 17.3. The minimum atomic E-state index is -0.281. The zero-order valence-electron chi connectivity index (χ0n) is 28.0. The molecule has 2 aliphatic rings. The molecule has 0 atom stereocenters. The lowest BCUT2D eigenvalue weighted by atomic mass is 9.73. The van der Waals surface area contributed by atoms with Crippen molar-refractivity contribution in [3.63, 3.8) is 0 Å². The summed E-state index contributed by atoms with van der Waals surface area (Å²) in [7, 11) is 0. The Morgan fingerprint density at radius 1 is 0.480 bits per heavy atom. The summed E-state index contributed by atoms with van der Waals surface area (Å²) in [6.07, 6.45) is 0. The van der Waals surface area contributed by atoms with Crippen LogP contribution in [0.1, 0.15) is 25.0 Å². The SMILES string of the molecule is CC1(C)c2cc(N(c3ccc(-c4ccccc4)cc3)c3cc4ccccc4c4ccccc34)ccc2N2c3ccccc3Oc3cccc1c32. The first kappa shape index (κ1) is 28.7.